The molecule has 1 saturated heterocycles. The average molecular weight is 436 g/mol. The van der Waals surface area contributed by atoms with Crippen molar-refractivity contribution in [3.8, 4) is 0 Å². The van der Waals surface area contributed by atoms with E-state index in [1.807, 2.05) is 0 Å². The molecule has 9 heteroatoms. The van der Waals surface area contributed by atoms with Crippen molar-refractivity contribution in [1.29, 1.82) is 0 Å². The van der Waals surface area contributed by atoms with Crippen LogP contribution < -0.4 is 0 Å². The minimum absolute atomic E-state index is 0.0865. The smallest absolute Gasteiger partial charge is 0.336 e. The second kappa shape index (κ2) is 10.4. The van der Waals surface area contributed by atoms with Gasteiger partial charge in [-0.1, -0.05) is 13.2 Å². The van der Waals surface area contributed by atoms with E-state index in [-0.39, 0.29) is 36.4 Å². The molecular formula is C22H28O9. The van der Waals surface area contributed by atoms with Gasteiger partial charge in [0.2, 0.25) is 0 Å². The molecule has 0 spiro atoms. The normalized spacial score (nSPS) is 25.2. The first-order chi connectivity index (χ1) is 14.5. The Balaban J connectivity index is 2.32. The van der Waals surface area contributed by atoms with Gasteiger partial charge in [-0.2, -0.15) is 0 Å². The Labute approximate surface area is 180 Å². The molecule has 0 aromatic heterocycles. The van der Waals surface area contributed by atoms with Crippen LogP contribution in [-0.4, -0.2) is 64.8 Å². The number of fused-ring (bicyclic) bond motifs is 1. The molecule has 170 valence electrons. The van der Waals surface area contributed by atoms with E-state index < -0.39 is 48.7 Å². The molecule has 9 nitrogen and oxygen atoms in total. The fourth-order valence-electron chi connectivity index (χ4n) is 3.43. The van der Waals surface area contributed by atoms with Crippen molar-refractivity contribution in [2.75, 3.05) is 13.2 Å². The number of aliphatic hydroxyl groups excluding tert-OH is 3. The van der Waals surface area contributed by atoms with Crippen LogP contribution in [0.5, 0.6) is 0 Å². The van der Waals surface area contributed by atoms with Gasteiger partial charge in [0.05, 0.1) is 23.9 Å². The van der Waals surface area contributed by atoms with Gasteiger partial charge < -0.3 is 29.5 Å². The predicted octanol–water partition coefficient (Wildman–Crippen LogP) is 1.41. The van der Waals surface area contributed by atoms with Gasteiger partial charge in [0, 0.05) is 25.3 Å². The summed E-state index contributed by atoms with van der Waals surface area (Å²) in [5.74, 6) is -2.91. The van der Waals surface area contributed by atoms with Crippen LogP contribution >= 0.6 is 0 Å². The number of ether oxygens (including phenoxy) is 3. The van der Waals surface area contributed by atoms with E-state index in [0.717, 1.165) is 6.92 Å². The summed E-state index contributed by atoms with van der Waals surface area (Å²) in [6, 6.07) is 0. The molecule has 2 rings (SSSR count). The molecule has 0 radical (unpaired) electrons. The van der Waals surface area contributed by atoms with Gasteiger partial charge in [0.25, 0.3) is 0 Å². The van der Waals surface area contributed by atoms with Crippen molar-refractivity contribution < 1.29 is 43.9 Å². The zero-order chi connectivity index (χ0) is 23.3. The molecule has 0 bridgehead atoms. The fourth-order valence-corrected chi connectivity index (χ4v) is 3.43. The van der Waals surface area contributed by atoms with Gasteiger partial charge in [-0.15, -0.1) is 0 Å². The highest BCUT2D eigenvalue weighted by Crippen LogP contribution is 2.37. The molecule has 0 aromatic carbocycles. The second-order valence-electron chi connectivity index (χ2n) is 7.62. The van der Waals surface area contributed by atoms with Crippen molar-refractivity contribution in [2.45, 2.75) is 51.4 Å². The minimum Gasteiger partial charge on any atom is -0.512 e. The summed E-state index contributed by atoms with van der Waals surface area (Å²) >= 11 is 0. The molecule has 1 fully saturated rings. The van der Waals surface area contributed by atoms with E-state index in [1.54, 1.807) is 13.0 Å². The summed E-state index contributed by atoms with van der Waals surface area (Å²) < 4.78 is 15.6. The minimum atomic E-state index is -1.47. The van der Waals surface area contributed by atoms with Gasteiger partial charge in [-0.25, -0.2) is 9.59 Å². The van der Waals surface area contributed by atoms with Crippen LogP contribution in [0.15, 0.2) is 47.3 Å². The molecule has 31 heavy (non-hydrogen) atoms. The van der Waals surface area contributed by atoms with Crippen molar-refractivity contribution in [3.05, 3.63) is 47.3 Å². The third-order valence-corrected chi connectivity index (χ3v) is 5.32. The maximum Gasteiger partial charge on any atom is 0.336 e. The Bertz CT molecular complexity index is 836. The maximum absolute atomic E-state index is 12.6. The molecular weight excluding hydrogens is 408 g/mol. The summed E-state index contributed by atoms with van der Waals surface area (Å²) in [4.78, 5) is 35.7. The number of carbonyl (C=O) groups excluding carboxylic acids is 3. The van der Waals surface area contributed by atoms with E-state index in [9.17, 15) is 29.7 Å². The summed E-state index contributed by atoms with van der Waals surface area (Å²) in [5, 5.41) is 30.0. The van der Waals surface area contributed by atoms with Crippen LogP contribution in [0.1, 0.15) is 33.1 Å². The maximum atomic E-state index is 12.6. The second-order valence-corrected chi connectivity index (χ2v) is 7.62. The molecule has 1 aliphatic carbocycles. The van der Waals surface area contributed by atoms with Crippen molar-refractivity contribution in [3.63, 3.8) is 0 Å². The third-order valence-electron chi connectivity index (χ3n) is 5.32. The molecule has 0 aromatic rings. The molecule has 1 aliphatic heterocycles. The highest BCUT2D eigenvalue weighted by molar-refractivity contribution is 5.92. The number of esters is 3. The van der Waals surface area contributed by atoms with E-state index in [2.05, 4.69) is 17.9 Å². The van der Waals surface area contributed by atoms with Crippen LogP contribution in [0.3, 0.4) is 0 Å². The lowest BCUT2D eigenvalue weighted by Crippen LogP contribution is -2.35. The topological polar surface area (TPSA) is 140 Å². The highest BCUT2D eigenvalue weighted by atomic mass is 16.6. The van der Waals surface area contributed by atoms with E-state index in [1.165, 1.54) is 0 Å². The molecule has 1 heterocycles. The van der Waals surface area contributed by atoms with Crippen LogP contribution in [0.4, 0.5) is 0 Å². The van der Waals surface area contributed by atoms with E-state index in [0.29, 0.717) is 17.6 Å². The standard InChI is InChI=1S/C22H28O9/c1-11-7-18(30-21(27)12(2)17(26)10-29-14(4)24)20-13(3)22(28)31-19(20)8-15(9-23)5-6-16(11)25/h8,17-20,23,25-26H,2-3,5-7,9-10H2,1,4H3. The summed E-state index contributed by atoms with van der Waals surface area (Å²) in [6.07, 6.45) is -0.945. The monoisotopic (exact) mass is 436 g/mol. The molecule has 3 N–H and O–H groups in total. The number of carbonyl (C=O) groups is 3. The molecule has 0 saturated carbocycles. The number of rotatable bonds is 6. The van der Waals surface area contributed by atoms with E-state index in [4.69, 9.17) is 9.47 Å². The van der Waals surface area contributed by atoms with Gasteiger partial charge in [0.1, 0.15) is 24.9 Å². The first-order valence-electron chi connectivity index (χ1n) is 9.84. The van der Waals surface area contributed by atoms with Crippen LogP contribution in [0.2, 0.25) is 0 Å². The SMILES string of the molecule is C=C(C(=O)OC1CC(C)=C(O)CCC(CO)=CC2OC(=O)C(=C)C21)C(O)COC(C)=O. The Hall–Kier alpha value is -2.91. The highest BCUT2D eigenvalue weighted by Gasteiger charge is 2.45. The summed E-state index contributed by atoms with van der Waals surface area (Å²) in [6.45, 7) is 9.35. The van der Waals surface area contributed by atoms with Crippen LogP contribution in [0, 0.1) is 5.92 Å². The van der Waals surface area contributed by atoms with Crippen LogP contribution in [0.25, 0.3) is 0 Å². The molecule has 2 aliphatic rings. The fraction of sp³-hybridized carbons (Fsp3) is 0.500. The Morgan fingerprint density at radius 3 is 2.65 bits per heavy atom. The lowest BCUT2D eigenvalue weighted by atomic mass is 9.85. The van der Waals surface area contributed by atoms with Gasteiger partial charge in [0.15, 0.2) is 0 Å². The zero-order valence-corrected chi connectivity index (χ0v) is 17.6. The Morgan fingerprint density at radius 1 is 1.35 bits per heavy atom. The molecule has 4 unspecified atom stereocenters. The lowest BCUT2D eigenvalue weighted by molar-refractivity contribution is -0.151. The predicted molar refractivity (Wildman–Crippen MR) is 109 cm³/mol. The van der Waals surface area contributed by atoms with E-state index >= 15 is 0 Å². The lowest BCUT2D eigenvalue weighted by Gasteiger charge is -2.28. The van der Waals surface area contributed by atoms with Gasteiger partial charge >= 0.3 is 17.9 Å². The Kier molecular flexibility index (Phi) is 8.18. The number of aliphatic hydroxyl groups is 3. The summed E-state index contributed by atoms with van der Waals surface area (Å²) in [7, 11) is 0. The van der Waals surface area contributed by atoms with Gasteiger partial charge in [-0.3, -0.25) is 4.79 Å². The summed E-state index contributed by atoms with van der Waals surface area (Å²) in [5.41, 5.74) is 0.859. The van der Waals surface area contributed by atoms with Crippen molar-refractivity contribution >= 4 is 17.9 Å². The molecule has 4 atom stereocenters. The largest absolute Gasteiger partial charge is 0.512 e. The van der Waals surface area contributed by atoms with Crippen molar-refractivity contribution in [1.82, 2.24) is 0 Å². The average Bonchev–Trinajstić information content (AvgIpc) is 3.00. The number of hydrogen-bond acceptors (Lipinski definition) is 9. The van der Waals surface area contributed by atoms with Crippen molar-refractivity contribution in [2.24, 2.45) is 5.92 Å². The zero-order valence-electron chi connectivity index (χ0n) is 17.6. The first-order valence-corrected chi connectivity index (χ1v) is 9.84. The van der Waals surface area contributed by atoms with Gasteiger partial charge in [-0.05, 0) is 30.6 Å². The molecule has 0 amide bonds. The number of allylic oxidation sites excluding steroid dienone is 1. The Morgan fingerprint density at radius 2 is 2.03 bits per heavy atom. The quantitative estimate of drug-likeness (QED) is 0.244. The van der Waals surface area contributed by atoms with Crippen LogP contribution in [-0.2, 0) is 28.6 Å². The third kappa shape index (κ3) is 6.05. The first kappa shape index (κ1) is 24.4. The number of hydrogen-bond donors (Lipinski definition) is 3.